The first-order chi connectivity index (χ1) is 10.5. The van der Waals surface area contributed by atoms with Crippen molar-refractivity contribution in [3.63, 3.8) is 0 Å². The number of ketones is 1. The molecule has 0 fully saturated rings. The molecule has 0 atom stereocenters. The molecule has 0 radical (unpaired) electrons. The second kappa shape index (κ2) is 5.42. The lowest BCUT2D eigenvalue weighted by atomic mass is 10.1. The number of carbonyl (C=O) groups excluding carboxylic acids is 1. The van der Waals surface area contributed by atoms with E-state index in [1.165, 1.54) is 13.1 Å². The molecule has 0 aliphatic heterocycles. The van der Waals surface area contributed by atoms with Crippen LogP contribution >= 0.6 is 11.6 Å². The van der Waals surface area contributed by atoms with Crippen molar-refractivity contribution in [3.05, 3.63) is 46.7 Å². The number of ether oxygens (including phenoxy) is 1. The maximum Gasteiger partial charge on any atom is 0.164 e. The van der Waals surface area contributed by atoms with Crippen molar-refractivity contribution in [2.24, 2.45) is 0 Å². The van der Waals surface area contributed by atoms with Crippen molar-refractivity contribution in [2.75, 3.05) is 7.11 Å². The van der Waals surface area contributed by atoms with Crippen LogP contribution in [0.5, 0.6) is 5.75 Å². The minimum Gasteiger partial charge on any atom is -0.497 e. The van der Waals surface area contributed by atoms with Gasteiger partial charge < -0.3 is 4.74 Å². The van der Waals surface area contributed by atoms with Crippen LogP contribution in [0.2, 0.25) is 5.02 Å². The highest BCUT2D eigenvalue weighted by Crippen LogP contribution is 2.30. The van der Waals surface area contributed by atoms with Gasteiger partial charge in [-0.1, -0.05) is 11.6 Å². The second-order valence-electron chi connectivity index (χ2n) is 4.94. The molecule has 112 valence electrons. The van der Waals surface area contributed by atoms with Crippen molar-refractivity contribution >= 4 is 28.4 Å². The van der Waals surface area contributed by atoms with Crippen LogP contribution in [0.25, 0.3) is 16.7 Å². The van der Waals surface area contributed by atoms with Crippen LogP contribution < -0.4 is 4.74 Å². The molecule has 2 heterocycles. The van der Waals surface area contributed by atoms with Gasteiger partial charge in [0.05, 0.1) is 34.5 Å². The van der Waals surface area contributed by atoms with E-state index in [4.69, 9.17) is 16.3 Å². The lowest BCUT2D eigenvalue weighted by Crippen LogP contribution is -2.00. The molecule has 0 amide bonds. The number of aromatic nitrogens is 3. The van der Waals surface area contributed by atoms with Crippen LogP contribution in [0, 0.1) is 6.92 Å². The summed E-state index contributed by atoms with van der Waals surface area (Å²) in [5.74, 6) is 0.651. The first-order valence-corrected chi connectivity index (χ1v) is 7.10. The third-order valence-electron chi connectivity index (χ3n) is 3.50. The summed E-state index contributed by atoms with van der Waals surface area (Å²) in [4.78, 5) is 16.0. The van der Waals surface area contributed by atoms with Gasteiger partial charge >= 0.3 is 0 Å². The Kier molecular flexibility index (Phi) is 3.58. The summed E-state index contributed by atoms with van der Waals surface area (Å²) in [6.45, 7) is 3.32. The minimum atomic E-state index is -0.115. The number of halogens is 1. The monoisotopic (exact) mass is 315 g/mol. The van der Waals surface area contributed by atoms with Crippen LogP contribution in [0.1, 0.15) is 23.0 Å². The van der Waals surface area contributed by atoms with Gasteiger partial charge in [-0.2, -0.15) is 5.10 Å². The fourth-order valence-electron chi connectivity index (χ4n) is 2.36. The van der Waals surface area contributed by atoms with Crippen molar-refractivity contribution < 1.29 is 9.53 Å². The van der Waals surface area contributed by atoms with Gasteiger partial charge in [0.25, 0.3) is 0 Å². The number of rotatable bonds is 3. The molecule has 3 aromatic rings. The van der Waals surface area contributed by atoms with Gasteiger partial charge in [0.15, 0.2) is 11.4 Å². The number of Topliss-reactive ketones (excluding diaryl/α,β-unsaturated/α-hetero) is 1. The van der Waals surface area contributed by atoms with Crippen molar-refractivity contribution in [1.82, 2.24) is 14.8 Å². The standard InChI is InChI=1S/C16H14ClN3O2/c1-9-14-15(17)13(10(2)21)8-18-16(14)20(19-9)11-4-6-12(22-3)7-5-11/h4-8H,1-3H3. The summed E-state index contributed by atoms with van der Waals surface area (Å²) in [5.41, 5.74) is 2.61. The highest BCUT2D eigenvalue weighted by molar-refractivity contribution is 6.38. The number of aryl methyl sites for hydroxylation is 1. The van der Waals surface area contributed by atoms with Crippen LogP contribution in [0.4, 0.5) is 0 Å². The van der Waals surface area contributed by atoms with E-state index in [0.29, 0.717) is 21.6 Å². The SMILES string of the molecule is COc1ccc(-n2nc(C)c3c(Cl)c(C(C)=O)cnc32)cc1. The fraction of sp³-hybridized carbons (Fsp3) is 0.188. The summed E-state index contributed by atoms with van der Waals surface area (Å²) >= 11 is 6.36. The summed E-state index contributed by atoms with van der Waals surface area (Å²) in [7, 11) is 1.62. The largest absolute Gasteiger partial charge is 0.497 e. The zero-order valence-corrected chi connectivity index (χ0v) is 13.2. The van der Waals surface area contributed by atoms with E-state index in [1.54, 1.807) is 11.8 Å². The van der Waals surface area contributed by atoms with Gasteiger partial charge in [0.1, 0.15) is 5.75 Å². The molecule has 5 nitrogen and oxygen atoms in total. The summed E-state index contributed by atoms with van der Waals surface area (Å²) < 4.78 is 6.86. The number of nitrogens with zero attached hydrogens (tertiary/aromatic N) is 3. The normalized spacial score (nSPS) is 10.9. The lowest BCUT2D eigenvalue weighted by Gasteiger charge is -2.05. The highest BCUT2D eigenvalue weighted by atomic mass is 35.5. The van der Waals surface area contributed by atoms with E-state index in [-0.39, 0.29) is 5.78 Å². The molecule has 0 bridgehead atoms. The zero-order valence-electron chi connectivity index (χ0n) is 12.4. The van der Waals surface area contributed by atoms with Gasteiger partial charge in [-0.15, -0.1) is 0 Å². The number of methoxy groups -OCH3 is 1. The quantitative estimate of drug-likeness (QED) is 0.693. The summed E-state index contributed by atoms with van der Waals surface area (Å²) in [5, 5.41) is 5.59. The Balaban J connectivity index is 2.23. The van der Waals surface area contributed by atoms with E-state index in [1.807, 2.05) is 31.2 Å². The highest BCUT2D eigenvalue weighted by Gasteiger charge is 2.18. The molecule has 6 heteroatoms. The first-order valence-electron chi connectivity index (χ1n) is 6.72. The molecule has 0 saturated heterocycles. The lowest BCUT2D eigenvalue weighted by molar-refractivity contribution is 0.101. The van der Waals surface area contributed by atoms with Crippen molar-refractivity contribution in [2.45, 2.75) is 13.8 Å². The molecule has 0 saturated carbocycles. The summed E-state index contributed by atoms with van der Waals surface area (Å²) in [6, 6.07) is 7.48. The number of carbonyl (C=O) groups is 1. The van der Waals surface area contributed by atoms with Gasteiger partial charge in [0.2, 0.25) is 0 Å². The van der Waals surface area contributed by atoms with Gasteiger partial charge in [-0.25, -0.2) is 9.67 Å². The van der Waals surface area contributed by atoms with Crippen LogP contribution in [0.3, 0.4) is 0 Å². The van der Waals surface area contributed by atoms with Crippen molar-refractivity contribution in [1.29, 1.82) is 0 Å². The molecule has 0 aliphatic carbocycles. The topological polar surface area (TPSA) is 57.0 Å². The molecule has 0 N–H and O–H groups in total. The molecule has 1 aromatic carbocycles. The Hall–Kier alpha value is -2.40. The third-order valence-corrected chi connectivity index (χ3v) is 3.90. The van der Waals surface area contributed by atoms with E-state index in [2.05, 4.69) is 10.1 Å². The number of fused-ring (bicyclic) bond motifs is 1. The predicted octanol–water partition coefficient (Wildman–Crippen LogP) is 3.59. The predicted molar refractivity (Wildman–Crippen MR) is 85.2 cm³/mol. The Morgan fingerprint density at radius 2 is 1.95 bits per heavy atom. The Labute approximate surface area is 132 Å². The number of hydrogen-bond donors (Lipinski definition) is 0. The zero-order chi connectivity index (χ0) is 15.9. The van der Waals surface area contributed by atoms with Crippen LogP contribution in [-0.4, -0.2) is 27.7 Å². The molecule has 22 heavy (non-hydrogen) atoms. The van der Waals surface area contributed by atoms with Gasteiger partial charge in [-0.3, -0.25) is 4.79 Å². The Morgan fingerprint density at radius 3 is 2.55 bits per heavy atom. The number of hydrogen-bond acceptors (Lipinski definition) is 4. The van der Waals surface area contributed by atoms with Gasteiger partial charge in [0, 0.05) is 6.20 Å². The maximum absolute atomic E-state index is 11.6. The van der Waals surface area contributed by atoms with E-state index >= 15 is 0 Å². The van der Waals surface area contributed by atoms with E-state index in [0.717, 1.165) is 17.1 Å². The smallest absolute Gasteiger partial charge is 0.164 e. The molecular weight excluding hydrogens is 302 g/mol. The van der Waals surface area contributed by atoms with E-state index < -0.39 is 0 Å². The minimum absolute atomic E-state index is 0.115. The average Bonchev–Trinajstić information content (AvgIpc) is 2.85. The Morgan fingerprint density at radius 1 is 1.27 bits per heavy atom. The fourth-order valence-corrected chi connectivity index (χ4v) is 2.76. The van der Waals surface area contributed by atoms with Gasteiger partial charge in [-0.05, 0) is 38.1 Å². The number of pyridine rings is 1. The first kappa shape index (κ1) is 14.5. The Bertz CT molecular complexity index is 869. The molecule has 0 aliphatic rings. The maximum atomic E-state index is 11.6. The third kappa shape index (κ3) is 2.23. The molecular formula is C16H14ClN3O2. The molecule has 3 rings (SSSR count). The van der Waals surface area contributed by atoms with E-state index in [9.17, 15) is 4.79 Å². The van der Waals surface area contributed by atoms with Crippen molar-refractivity contribution in [3.8, 4) is 11.4 Å². The molecule has 2 aromatic heterocycles. The molecule has 0 unspecified atom stereocenters. The van der Waals surface area contributed by atoms with Crippen LogP contribution in [-0.2, 0) is 0 Å². The molecule has 0 spiro atoms. The summed E-state index contributed by atoms with van der Waals surface area (Å²) in [6.07, 6.45) is 1.49. The average molecular weight is 316 g/mol. The second-order valence-corrected chi connectivity index (χ2v) is 5.31. The number of benzene rings is 1. The van der Waals surface area contributed by atoms with Crippen LogP contribution in [0.15, 0.2) is 30.5 Å².